The van der Waals surface area contributed by atoms with Gasteiger partial charge < -0.3 is 14.6 Å². The van der Waals surface area contributed by atoms with Gasteiger partial charge in [-0.15, -0.1) is 0 Å². The summed E-state index contributed by atoms with van der Waals surface area (Å²) in [7, 11) is -4.30. The fraction of sp³-hybridized carbons (Fsp3) is 0.316. The zero-order valence-corrected chi connectivity index (χ0v) is 17.2. The van der Waals surface area contributed by atoms with E-state index >= 15 is 0 Å². The van der Waals surface area contributed by atoms with Gasteiger partial charge in [0.1, 0.15) is 4.90 Å². The molecule has 3 rings (SSSR count). The van der Waals surface area contributed by atoms with Crippen molar-refractivity contribution in [1.82, 2.24) is 0 Å². The minimum absolute atomic E-state index is 0.0328. The number of rotatable bonds is 5. The summed E-state index contributed by atoms with van der Waals surface area (Å²) < 4.78 is 37.9. The lowest BCUT2D eigenvalue weighted by atomic mass is 10.1. The number of carboxylic acids is 1. The highest BCUT2D eigenvalue weighted by Gasteiger charge is 2.34. The van der Waals surface area contributed by atoms with E-state index in [2.05, 4.69) is 6.92 Å². The van der Waals surface area contributed by atoms with Crippen LogP contribution in [-0.2, 0) is 21.2 Å². The zero-order chi connectivity index (χ0) is 20.6. The number of anilines is 1. The van der Waals surface area contributed by atoms with Crippen molar-refractivity contribution < 1.29 is 22.9 Å². The predicted molar refractivity (Wildman–Crippen MR) is 107 cm³/mol. The molecule has 9 heteroatoms. The van der Waals surface area contributed by atoms with Crippen molar-refractivity contribution in [2.75, 3.05) is 18.0 Å². The number of hydrogen-bond acceptors (Lipinski definition) is 5. The highest BCUT2D eigenvalue weighted by atomic mass is 32.2. The van der Waals surface area contributed by atoms with Crippen molar-refractivity contribution >= 4 is 32.9 Å². The lowest BCUT2D eigenvalue weighted by molar-refractivity contribution is 0.0696. The van der Waals surface area contributed by atoms with E-state index in [9.17, 15) is 22.9 Å². The molecule has 0 aliphatic carbocycles. The molecule has 2 aromatic rings. The van der Waals surface area contributed by atoms with E-state index in [1.54, 1.807) is 24.3 Å². The van der Waals surface area contributed by atoms with E-state index < -0.39 is 32.1 Å². The van der Waals surface area contributed by atoms with Crippen molar-refractivity contribution in [3.63, 3.8) is 0 Å². The lowest BCUT2D eigenvalue weighted by Gasteiger charge is -2.24. The minimum atomic E-state index is -4.30. The number of aryl methyl sites for hydroxylation is 1. The maximum atomic E-state index is 13.4. The number of primary sulfonamides is 1. The van der Waals surface area contributed by atoms with Crippen molar-refractivity contribution in [2.24, 2.45) is 11.1 Å². The van der Waals surface area contributed by atoms with E-state index in [4.69, 9.17) is 5.14 Å². The first-order chi connectivity index (χ1) is 13.1. The maximum Gasteiger partial charge on any atom is 0.335 e. The van der Waals surface area contributed by atoms with Crippen LogP contribution in [0.2, 0.25) is 0 Å². The molecule has 0 spiro atoms. The average Bonchev–Trinajstić information content (AvgIpc) is 3.06. The lowest BCUT2D eigenvalue weighted by Crippen LogP contribution is -2.25. The summed E-state index contributed by atoms with van der Waals surface area (Å²) in [6.07, 6.45) is 0.874. The Morgan fingerprint density at radius 1 is 1.29 bits per heavy atom. The van der Waals surface area contributed by atoms with Crippen LogP contribution in [-0.4, -0.2) is 37.1 Å². The number of hydrogen-bond donors (Lipinski definition) is 2. The Kier molecular flexibility index (Phi) is 5.72. The van der Waals surface area contributed by atoms with E-state index in [0.29, 0.717) is 29.6 Å². The Balaban J connectivity index is 2.27. The van der Waals surface area contributed by atoms with Crippen LogP contribution < -0.4 is 10.0 Å². The van der Waals surface area contributed by atoms with Crippen LogP contribution in [0.3, 0.4) is 0 Å². The second-order valence-electron chi connectivity index (χ2n) is 7.09. The first-order valence-corrected chi connectivity index (χ1v) is 11.4. The summed E-state index contributed by atoms with van der Waals surface area (Å²) in [5, 5.41) is 14.8. The number of carbonyl (C=O) groups is 1. The molecule has 1 aliphatic rings. The van der Waals surface area contributed by atoms with Gasteiger partial charge in [0.05, 0.1) is 11.3 Å². The molecule has 3 N–H and O–H groups in total. The molecule has 0 bridgehead atoms. The SMILES string of the molecule is Cc1ccc([S+]([O-])c2c(N3CCC(C)C3)cc(C(=O)O)cc2S(N)(=O)=O)cc1. The number of benzene rings is 2. The highest BCUT2D eigenvalue weighted by Crippen LogP contribution is 2.38. The van der Waals surface area contributed by atoms with Crippen LogP contribution >= 0.6 is 0 Å². The van der Waals surface area contributed by atoms with E-state index in [1.807, 2.05) is 11.8 Å². The standard InChI is InChI=1S/C19H22N2O5S2/c1-12-3-5-15(6-4-12)27(24)18-16(21-8-7-13(2)11-21)9-14(19(22)23)10-17(18)28(20,25)26/h3-6,9-10,13H,7-8,11H2,1-2H3,(H,22,23)(H2,20,25,26). The van der Waals surface area contributed by atoms with Crippen molar-refractivity contribution in [3.8, 4) is 0 Å². The Hall–Kier alpha value is -2.07. The Morgan fingerprint density at radius 3 is 2.43 bits per heavy atom. The number of nitrogens with zero attached hydrogens (tertiary/aromatic N) is 1. The third-order valence-electron chi connectivity index (χ3n) is 4.77. The number of aromatic carboxylic acids is 1. The Labute approximate surface area is 167 Å². The van der Waals surface area contributed by atoms with Crippen LogP contribution in [0.4, 0.5) is 5.69 Å². The Bertz CT molecular complexity index is 1010. The predicted octanol–water partition coefficient (Wildman–Crippen LogP) is 2.35. The molecule has 0 radical (unpaired) electrons. The summed E-state index contributed by atoms with van der Waals surface area (Å²) in [5.41, 5.74) is 1.11. The first-order valence-electron chi connectivity index (χ1n) is 8.75. The molecule has 2 aromatic carbocycles. The van der Waals surface area contributed by atoms with Gasteiger partial charge in [-0.3, -0.25) is 0 Å². The summed E-state index contributed by atoms with van der Waals surface area (Å²) in [5.74, 6) is -0.918. The van der Waals surface area contributed by atoms with Gasteiger partial charge >= 0.3 is 5.97 Å². The molecule has 7 nitrogen and oxygen atoms in total. The van der Waals surface area contributed by atoms with E-state index in [0.717, 1.165) is 18.1 Å². The van der Waals surface area contributed by atoms with Gasteiger partial charge in [-0.2, -0.15) is 0 Å². The number of carboxylic acid groups (broad SMARTS) is 1. The van der Waals surface area contributed by atoms with Crippen LogP contribution in [0.25, 0.3) is 0 Å². The molecule has 1 heterocycles. The molecule has 1 saturated heterocycles. The van der Waals surface area contributed by atoms with E-state index in [1.165, 1.54) is 6.07 Å². The summed E-state index contributed by atoms with van der Waals surface area (Å²) in [6.45, 7) is 5.18. The third-order valence-corrected chi connectivity index (χ3v) is 7.34. The van der Waals surface area contributed by atoms with Crippen LogP contribution in [0.5, 0.6) is 0 Å². The summed E-state index contributed by atoms with van der Waals surface area (Å²) in [4.78, 5) is 13.5. The number of nitrogens with two attached hydrogens (primary N) is 1. The van der Waals surface area contributed by atoms with Gasteiger partial charge in [0.25, 0.3) is 0 Å². The third kappa shape index (κ3) is 4.17. The quantitative estimate of drug-likeness (QED) is 0.713. The van der Waals surface area contributed by atoms with Crippen LogP contribution in [0, 0.1) is 12.8 Å². The minimum Gasteiger partial charge on any atom is -0.606 e. The molecule has 0 amide bonds. The topological polar surface area (TPSA) is 124 Å². The largest absolute Gasteiger partial charge is 0.606 e. The van der Waals surface area contributed by atoms with Crippen molar-refractivity contribution in [2.45, 2.75) is 35.0 Å². The molecule has 28 heavy (non-hydrogen) atoms. The maximum absolute atomic E-state index is 13.4. The van der Waals surface area contributed by atoms with E-state index in [-0.39, 0.29) is 10.5 Å². The monoisotopic (exact) mass is 422 g/mol. The zero-order valence-electron chi connectivity index (χ0n) is 15.6. The molecule has 0 aromatic heterocycles. The molecule has 2 atom stereocenters. The highest BCUT2D eigenvalue weighted by molar-refractivity contribution is 7.93. The molecule has 2 unspecified atom stereocenters. The molecular weight excluding hydrogens is 400 g/mol. The second kappa shape index (κ2) is 7.75. The van der Waals surface area contributed by atoms with Gasteiger partial charge in [-0.1, -0.05) is 24.6 Å². The molecular formula is C19H22N2O5S2. The summed E-state index contributed by atoms with van der Waals surface area (Å²) >= 11 is -1.85. The van der Waals surface area contributed by atoms with Gasteiger partial charge in [-0.05, 0) is 43.5 Å². The second-order valence-corrected chi connectivity index (χ2v) is 10.0. The molecule has 1 aliphatic heterocycles. The van der Waals surface area contributed by atoms with Gasteiger partial charge in [0.2, 0.25) is 14.9 Å². The first kappa shape index (κ1) is 20.7. The Morgan fingerprint density at radius 2 is 1.93 bits per heavy atom. The van der Waals surface area contributed by atoms with Gasteiger partial charge in [-0.25, -0.2) is 18.4 Å². The van der Waals surface area contributed by atoms with Gasteiger partial charge in [0, 0.05) is 24.3 Å². The fourth-order valence-electron chi connectivity index (χ4n) is 3.28. The van der Waals surface area contributed by atoms with Crippen molar-refractivity contribution in [3.05, 3.63) is 47.5 Å². The molecule has 1 fully saturated rings. The van der Waals surface area contributed by atoms with Crippen LogP contribution in [0.1, 0.15) is 29.3 Å². The fourth-order valence-corrected chi connectivity index (χ4v) is 5.75. The van der Waals surface area contributed by atoms with Crippen molar-refractivity contribution in [1.29, 1.82) is 0 Å². The average molecular weight is 423 g/mol. The van der Waals surface area contributed by atoms with Gasteiger partial charge in [0.15, 0.2) is 4.90 Å². The molecule has 150 valence electrons. The molecule has 0 saturated carbocycles. The normalized spacial score (nSPS) is 18.3. The smallest absolute Gasteiger partial charge is 0.335 e. The number of sulfonamides is 1. The van der Waals surface area contributed by atoms with Crippen LogP contribution in [0.15, 0.2) is 51.1 Å². The summed E-state index contributed by atoms with van der Waals surface area (Å²) in [6, 6.07) is 9.28.